The summed E-state index contributed by atoms with van der Waals surface area (Å²) in [6.07, 6.45) is 6.96. The summed E-state index contributed by atoms with van der Waals surface area (Å²) in [5, 5.41) is 1.90. The highest BCUT2D eigenvalue weighted by molar-refractivity contribution is 7.12. The summed E-state index contributed by atoms with van der Waals surface area (Å²) in [5.41, 5.74) is 0. The van der Waals surface area contributed by atoms with Gasteiger partial charge in [0.15, 0.2) is 0 Å². The van der Waals surface area contributed by atoms with Gasteiger partial charge in [-0.3, -0.25) is 4.79 Å². The second-order valence-corrected chi connectivity index (χ2v) is 7.77. The standard InChI is InChI=1S/C18H25NO3S/c1-13-6-4-7-14(12-13)22-18(21)15-8-2-3-10-19(15)17(20)16-9-5-11-23-16/h5,9,11,13-15H,2-4,6-8,10,12H2,1H3. The number of carbonyl (C=O) groups excluding carboxylic acids is 2. The number of esters is 1. The van der Waals surface area contributed by atoms with E-state index in [0.29, 0.717) is 17.3 Å². The molecule has 1 aliphatic carbocycles. The van der Waals surface area contributed by atoms with Gasteiger partial charge in [0.2, 0.25) is 0 Å². The van der Waals surface area contributed by atoms with Crippen molar-refractivity contribution < 1.29 is 14.3 Å². The molecule has 0 aromatic carbocycles. The Hall–Kier alpha value is -1.36. The summed E-state index contributed by atoms with van der Waals surface area (Å²) in [6.45, 7) is 2.87. The van der Waals surface area contributed by atoms with Crippen LogP contribution in [0.1, 0.15) is 61.5 Å². The van der Waals surface area contributed by atoms with Crippen molar-refractivity contribution in [1.29, 1.82) is 0 Å². The molecule has 1 aromatic heterocycles. The van der Waals surface area contributed by atoms with Gasteiger partial charge in [-0.2, -0.15) is 0 Å². The third kappa shape index (κ3) is 3.94. The highest BCUT2D eigenvalue weighted by Gasteiger charge is 2.35. The molecule has 0 radical (unpaired) electrons. The molecule has 5 heteroatoms. The van der Waals surface area contributed by atoms with Gasteiger partial charge in [-0.15, -0.1) is 11.3 Å². The van der Waals surface area contributed by atoms with Crippen molar-refractivity contribution in [3.63, 3.8) is 0 Å². The number of ether oxygens (including phenoxy) is 1. The van der Waals surface area contributed by atoms with Crippen molar-refractivity contribution in [2.45, 2.75) is 64.0 Å². The fourth-order valence-electron chi connectivity index (χ4n) is 3.69. The summed E-state index contributed by atoms with van der Waals surface area (Å²) >= 11 is 1.43. The van der Waals surface area contributed by atoms with Crippen LogP contribution in [0.15, 0.2) is 17.5 Å². The van der Waals surface area contributed by atoms with Gasteiger partial charge in [0, 0.05) is 6.54 Å². The Morgan fingerprint density at radius 1 is 1.22 bits per heavy atom. The minimum Gasteiger partial charge on any atom is -0.461 e. The lowest BCUT2D eigenvalue weighted by molar-refractivity contribution is -0.157. The molecule has 4 nitrogen and oxygen atoms in total. The number of amides is 1. The Balaban J connectivity index is 1.65. The van der Waals surface area contributed by atoms with E-state index in [2.05, 4.69) is 6.92 Å². The number of rotatable bonds is 3. The van der Waals surface area contributed by atoms with E-state index in [-0.39, 0.29) is 18.0 Å². The van der Waals surface area contributed by atoms with Gasteiger partial charge in [0.25, 0.3) is 5.91 Å². The van der Waals surface area contributed by atoms with E-state index in [1.54, 1.807) is 4.90 Å². The minimum absolute atomic E-state index is 0.0290. The van der Waals surface area contributed by atoms with Crippen molar-refractivity contribution in [2.24, 2.45) is 5.92 Å². The maximum absolute atomic E-state index is 12.6. The Morgan fingerprint density at radius 2 is 2.09 bits per heavy atom. The zero-order chi connectivity index (χ0) is 16.2. The summed E-state index contributed by atoms with van der Waals surface area (Å²) in [6, 6.07) is 3.29. The first-order chi connectivity index (χ1) is 11.1. The van der Waals surface area contributed by atoms with Gasteiger partial charge in [-0.1, -0.05) is 19.4 Å². The van der Waals surface area contributed by atoms with Crippen LogP contribution in [-0.4, -0.2) is 35.5 Å². The third-order valence-electron chi connectivity index (χ3n) is 4.94. The molecule has 1 aromatic rings. The van der Waals surface area contributed by atoms with Crippen LogP contribution in [0.4, 0.5) is 0 Å². The lowest BCUT2D eigenvalue weighted by Crippen LogP contribution is -2.49. The quantitative estimate of drug-likeness (QED) is 0.788. The predicted molar refractivity (Wildman–Crippen MR) is 90.5 cm³/mol. The monoisotopic (exact) mass is 335 g/mol. The number of nitrogens with zero attached hydrogens (tertiary/aromatic N) is 1. The van der Waals surface area contributed by atoms with E-state index in [4.69, 9.17) is 4.74 Å². The van der Waals surface area contributed by atoms with Crippen molar-refractivity contribution in [3.05, 3.63) is 22.4 Å². The SMILES string of the molecule is CC1CCCC(OC(=O)C2CCCCN2C(=O)c2cccs2)C1. The number of hydrogen-bond acceptors (Lipinski definition) is 4. The largest absolute Gasteiger partial charge is 0.461 e. The molecule has 126 valence electrons. The predicted octanol–water partition coefficient (Wildman–Crippen LogP) is 3.86. The molecule has 3 atom stereocenters. The molecule has 1 saturated carbocycles. The first-order valence-electron chi connectivity index (χ1n) is 8.70. The second-order valence-electron chi connectivity index (χ2n) is 6.82. The topological polar surface area (TPSA) is 46.6 Å². The Kier molecular flexibility index (Phi) is 5.36. The fourth-order valence-corrected chi connectivity index (χ4v) is 4.37. The van der Waals surface area contributed by atoms with Crippen molar-refractivity contribution >= 4 is 23.2 Å². The molecule has 1 aliphatic heterocycles. The van der Waals surface area contributed by atoms with Gasteiger partial charge in [0.05, 0.1) is 4.88 Å². The van der Waals surface area contributed by atoms with Crippen molar-refractivity contribution in [1.82, 2.24) is 4.90 Å². The van der Waals surface area contributed by atoms with Crippen LogP contribution in [-0.2, 0) is 9.53 Å². The molecule has 2 fully saturated rings. The van der Waals surface area contributed by atoms with E-state index in [1.165, 1.54) is 17.8 Å². The third-order valence-corrected chi connectivity index (χ3v) is 5.80. The van der Waals surface area contributed by atoms with Crippen molar-refractivity contribution in [3.8, 4) is 0 Å². The van der Waals surface area contributed by atoms with Crippen LogP contribution >= 0.6 is 11.3 Å². The number of carbonyl (C=O) groups is 2. The summed E-state index contributed by atoms with van der Waals surface area (Å²) in [4.78, 5) is 27.7. The van der Waals surface area contributed by atoms with E-state index < -0.39 is 6.04 Å². The maximum Gasteiger partial charge on any atom is 0.329 e. The summed E-state index contributed by atoms with van der Waals surface area (Å²) in [5.74, 6) is 0.393. The minimum atomic E-state index is -0.407. The first kappa shape index (κ1) is 16.5. The lowest BCUT2D eigenvalue weighted by atomic mass is 9.88. The zero-order valence-corrected chi connectivity index (χ0v) is 14.5. The van der Waals surface area contributed by atoms with Crippen LogP contribution in [0.2, 0.25) is 0 Å². The van der Waals surface area contributed by atoms with Gasteiger partial charge < -0.3 is 9.64 Å². The smallest absolute Gasteiger partial charge is 0.329 e. The number of piperidine rings is 1. The lowest BCUT2D eigenvalue weighted by Gasteiger charge is -2.35. The molecule has 2 aliphatic rings. The number of thiophene rings is 1. The van der Waals surface area contributed by atoms with Gasteiger partial charge in [-0.05, 0) is 55.9 Å². The van der Waals surface area contributed by atoms with Crippen LogP contribution in [0.5, 0.6) is 0 Å². The fraction of sp³-hybridized carbons (Fsp3) is 0.667. The van der Waals surface area contributed by atoms with Crippen LogP contribution in [0.25, 0.3) is 0 Å². The maximum atomic E-state index is 12.6. The highest BCUT2D eigenvalue weighted by atomic mass is 32.1. The molecule has 1 saturated heterocycles. The Morgan fingerprint density at radius 3 is 2.83 bits per heavy atom. The van der Waals surface area contributed by atoms with Crippen LogP contribution in [0.3, 0.4) is 0 Å². The van der Waals surface area contributed by atoms with E-state index in [0.717, 1.165) is 38.5 Å². The number of hydrogen-bond donors (Lipinski definition) is 0. The van der Waals surface area contributed by atoms with E-state index >= 15 is 0 Å². The normalized spacial score (nSPS) is 28.4. The van der Waals surface area contributed by atoms with E-state index in [9.17, 15) is 9.59 Å². The average Bonchev–Trinajstić information content (AvgIpc) is 3.08. The molecule has 3 rings (SSSR count). The molecule has 23 heavy (non-hydrogen) atoms. The molecule has 0 spiro atoms. The van der Waals surface area contributed by atoms with E-state index in [1.807, 2.05) is 17.5 Å². The Bertz CT molecular complexity index is 542. The molecule has 0 bridgehead atoms. The average molecular weight is 335 g/mol. The van der Waals surface area contributed by atoms with Crippen LogP contribution in [0, 0.1) is 5.92 Å². The Labute approximate surface area is 141 Å². The zero-order valence-electron chi connectivity index (χ0n) is 13.7. The van der Waals surface area contributed by atoms with Crippen LogP contribution < -0.4 is 0 Å². The molecular weight excluding hydrogens is 310 g/mol. The molecule has 3 unspecified atom stereocenters. The molecule has 0 N–H and O–H groups in total. The first-order valence-corrected chi connectivity index (χ1v) is 9.58. The van der Waals surface area contributed by atoms with Gasteiger partial charge in [0.1, 0.15) is 12.1 Å². The highest BCUT2D eigenvalue weighted by Crippen LogP contribution is 2.28. The number of likely N-dealkylation sites (tertiary alicyclic amines) is 1. The van der Waals surface area contributed by atoms with Gasteiger partial charge in [-0.25, -0.2) is 4.79 Å². The second kappa shape index (κ2) is 7.47. The van der Waals surface area contributed by atoms with Crippen molar-refractivity contribution in [2.75, 3.05) is 6.54 Å². The molecule has 1 amide bonds. The summed E-state index contributed by atoms with van der Waals surface area (Å²) < 4.78 is 5.77. The summed E-state index contributed by atoms with van der Waals surface area (Å²) in [7, 11) is 0. The molecule has 2 heterocycles. The molecular formula is C18H25NO3S. The van der Waals surface area contributed by atoms with Gasteiger partial charge >= 0.3 is 5.97 Å².